The van der Waals surface area contributed by atoms with Crippen LogP contribution < -0.4 is 4.90 Å². The lowest BCUT2D eigenvalue weighted by atomic mass is 9.91. The van der Waals surface area contributed by atoms with Gasteiger partial charge in [-0.1, -0.05) is 17.7 Å². The average molecular weight is 556 g/mol. The van der Waals surface area contributed by atoms with Crippen molar-refractivity contribution in [2.75, 3.05) is 44.2 Å². The molecule has 1 aliphatic carbocycles. The van der Waals surface area contributed by atoms with Crippen LogP contribution in [0, 0.1) is 6.92 Å². The van der Waals surface area contributed by atoms with Crippen LogP contribution in [0.1, 0.15) is 41.6 Å². The van der Waals surface area contributed by atoms with E-state index in [9.17, 15) is 28.2 Å². The number of fused-ring (bicyclic) bond motifs is 1. The highest BCUT2D eigenvalue weighted by molar-refractivity contribution is 6.31. The second-order valence-corrected chi connectivity index (χ2v) is 10.9. The number of aromatic nitrogens is 2. The van der Waals surface area contributed by atoms with Crippen molar-refractivity contribution in [2.24, 2.45) is 0 Å². The van der Waals surface area contributed by atoms with Crippen LogP contribution in [0.5, 0.6) is 0 Å². The number of piperidine rings is 1. The van der Waals surface area contributed by atoms with Crippen LogP contribution >= 0.6 is 11.6 Å². The molecule has 0 saturated carbocycles. The minimum absolute atomic E-state index is 0.0294. The molecule has 1 aromatic heterocycles. The van der Waals surface area contributed by atoms with E-state index < -0.39 is 30.8 Å². The molecule has 38 heavy (non-hydrogen) atoms. The number of nitrogens with zero attached hydrogens (tertiary/aromatic N) is 5. The Balaban J connectivity index is 1.31. The van der Waals surface area contributed by atoms with Crippen molar-refractivity contribution in [3.05, 3.63) is 45.7 Å². The Labute approximate surface area is 224 Å². The number of rotatable bonds is 5. The van der Waals surface area contributed by atoms with Crippen LogP contribution in [0.25, 0.3) is 0 Å². The van der Waals surface area contributed by atoms with E-state index >= 15 is 0 Å². The molecule has 0 bridgehead atoms. The van der Waals surface area contributed by atoms with Gasteiger partial charge in [-0.3, -0.25) is 14.4 Å². The van der Waals surface area contributed by atoms with E-state index in [2.05, 4.69) is 10.00 Å². The summed E-state index contributed by atoms with van der Waals surface area (Å²) < 4.78 is 44.3. The fourth-order valence-corrected chi connectivity index (χ4v) is 5.86. The van der Waals surface area contributed by atoms with E-state index in [0.717, 1.165) is 11.3 Å². The highest BCUT2D eigenvalue weighted by atomic mass is 35.5. The van der Waals surface area contributed by atoms with Crippen molar-refractivity contribution in [1.29, 1.82) is 0 Å². The van der Waals surface area contributed by atoms with Gasteiger partial charge in [0.15, 0.2) is 6.23 Å². The predicted molar refractivity (Wildman–Crippen MR) is 136 cm³/mol. The lowest BCUT2D eigenvalue weighted by molar-refractivity contribution is -0.132. The molecular weight excluding hydrogens is 523 g/mol. The summed E-state index contributed by atoms with van der Waals surface area (Å²) in [6.45, 7) is 4.07. The van der Waals surface area contributed by atoms with Crippen LogP contribution in [0.2, 0.25) is 5.02 Å². The Bertz CT molecular complexity index is 1190. The molecule has 2 aromatic rings. The zero-order valence-corrected chi connectivity index (χ0v) is 22.0. The summed E-state index contributed by atoms with van der Waals surface area (Å²) in [5.41, 5.74) is 2.80. The number of aliphatic hydroxyl groups excluding tert-OH is 2. The van der Waals surface area contributed by atoms with Crippen molar-refractivity contribution in [1.82, 2.24) is 19.6 Å². The third kappa shape index (κ3) is 5.38. The number of hydrogen-bond acceptors (Lipinski definition) is 6. The number of hydrogen-bond donors (Lipinski definition) is 2. The van der Waals surface area contributed by atoms with Gasteiger partial charge >= 0.3 is 0 Å². The van der Waals surface area contributed by atoms with Gasteiger partial charge in [-0.2, -0.15) is 5.10 Å². The molecule has 8 nitrogen and oxygen atoms in total. The van der Waals surface area contributed by atoms with Crippen molar-refractivity contribution < 1.29 is 28.2 Å². The van der Waals surface area contributed by atoms with Gasteiger partial charge in [0.05, 0.1) is 6.10 Å². The van der Waals surface area contributed by atoms with Crippen molar-refractivity contribution in [2.45, 2.75) is 63.6 Å². The molecule has 0 radical (unpaired) electrons. The van der Waals surface area contributed by atoms with Gasteiger partial charge in [-0.05, 0) is 37.5 Å². The molecule has 0 spiro atoms. The zero-order valence-electron chi connectivity index (χ0n) is 21.3. The SMILES string of the molecule is Cc1c(Cl)cccc1N1CCN(C(=O)Cn2nc(C(O)N3CC[C@H](O)[C@H](F)C3)c3c2CCC(F)(F)C3)CC1. The van der Waals surface area contributed by atoms with Crippen LogP contribution in [-0.4, -0.2) is 93.2 Å². The van der Waals surface area contributed by atoms with Crippen LogP contribution in [-0.2, 0) is 24.2 Å². The fourth-order valence-electron chi connectivity index (χ4n) is 5.69. The van der Waals surface area contributed by atoms with Gasteiger partial charge in [-0.15, -0.1) is 0 Å². The van der Waals surface area contributed by atoms with E-state index in [4.69, 9.17) is 11.6 Å². The zero-order chi connectivity index (χ0) is 27.2. The smallest absolute Gasteiger partial charge is 0.252 e. The molecule has 5 rings (SSSR count). The molecule has 2 fully saturated rings. The first kappa shape index (κ1) is 27.2. The van der Waals surface area contributed by atoms with Gasteiger partial charge < -0.3 is 20.0 Å². The highest BCUT2D eigenvalue weighted by Gasteiger charge is 2.41. The third-order valence-electron chi connectivity index (χ3n) is 7.99. The summed E-state index contributed by atoms with van der Waals surface area (Å²) in [6, 6.07) is 5.75. The normalized spacial score (nSPS) is 24.8. The molecule has 2 N–H and O–H groups in total. The minimum atomic E-state index is -2.95. The quantitative estimate of drug-likeness (QED) is 0.590. The largest absolute Gasteiger partial charge is 0.390 e. The summed E-state index contributed by atoms with van der Waals surface area (Å²) in [6.07, 6.45) is -4.86. The maximum absolute atomic E-state index is 14.4. The van der Waals surface area contributed by atoms with Gasteiger partial charge in [0.2, 0.25) is 5.91 Å². The number of likely N-dealkylation sites (tertiary alicyclic amines) is 1. The van der Waals surface area contributed by atoms with Crippen molar-refractivity contribution in [3.8, 4) is 0 Å². The third-order valence-corrected chi connectivity index (χ3v) is 8.40. The molecule has 208 valence electrons. The molecule has 3 aliphatic rings. The lowest BCUT2D eigenvalue weighted by Crippen LogP contribution is -2.50. The Morgan fingerprint density at radius 2 is 1.97 bits per heavy atom. The second-order valence-electron chi connectivity index (χ2n) is 10.5. The van der Waals surface area contributed by atoms with Crippen molar-refractivity contribution >= 4 is 23.2 Å². The number of halogens is 4. The summed E-state index contributed by atoms with van der Waals surface area (Å²) in [5.74, 6) is -3.13. The summed E-state index contributed by atoms with van der Waals surface area (Å²) in [7, 11) is 0. The molecule has 1 aromatic carbocycles. The van der Waals surface area contributed by atoms with Gasteiger partial charge in [0, 0.05) is 74.1 Å². The summed E-state index contributed by atoms with van der Waals surface area (Å²) in [5, 5.41) is 25.8. The van der Waals surface area contributed by atoms with E-state index in [1.165, 1.54) is 9.58 Å². The molecule has 1 amide bonds. The highest BCUT2D eigenvalue weighted by Crippen LogP contribution is 2.38. The Morgan fingerprint density at radius 1 is 1.24 bits per heavy atom. The number of carbonyl (C=O) groups is 1. The monoisotopic (exact) mass is 555 g/mol. The standard InChI is InChI=1S/C26H33ClF3N5O3/c1-16-18(27)3-2-4-20(16)32-9-11-33(12-10-32)23(37)15-35-21-5-7-26(29,30)13-17(21)24(31-35)25(38)34-8-6-22(36)19(28)14-34/h2-4,19,22,25,36,38H,5-15H2,1H3/t19-,22+,25?/m1/s1. The van der Waals surface area contributed by atoms with E-state index in [1.807, 2.05) is 25.1 Å². The number of piperazine rings is 1. The minimum Gasteiger partial charge on any atom is -0.390 e. The topological polar surface area (TPSA) is 85.1 Å². The lowest BCUT2D eigenvalue weighted by Gasteiger charge is -2.37. The molecular formula is C26H33ClF3N5O3. The molecule has 3 heterocycles. The van der Waals surface area contributed by atoms with Gasteiger partial charge in [-0.25, -0.2) is 13.2 Å². The van der Waals surface area contributed by atoms with E-state index in [-0.39, 0.29) is 56.1 Å². The number of amides is 1. The first-order valence-electron chi connectivity index (χ1n) is 13.0. The number of anilines is 1. The average Bonchev–Trinajstić information content (AvgIpc) is 3.23. The van der Waals surface area contributed by atoms with Crippen LogP contribution in [0.15, 0.2) is 18.2 Å². The summed E-state index contributed by atoms with van der Waals surface area (Å²) in [4.78, 5) is 18.5. The Kier molecular flexibility index (Phi) is 7.65. The Hall–Kier alpha value is -2.34. The molecule has 2 saturated heterocycles. The predicted octanol–water partition coefficient (Wildman–Crippen LogP) is 2.71. The van der Waals surface area contributed by atoms with Crippen LogP contribution in [0.4, 0.5) is 18.9 Å². The maximum atomic E-state index is 14.4. The van der Waals surface area contributed by atoms with Crippen LogP contribution in [0.3, 0.4) is 0 Å². The maximum Gasteiger partial charge on any atom is 0.252 e. The number of aliphatic hydroxyl groups is 2. The molecule has 12 heteroatoms. The Morgan fingerprint density at radius 3 is 2.68 bits per heavy atom. The fraction of sp³-hybridized carbons (Fsp3) is 0.615. The number of carbonyl (C=O) groups excluding carboxylic acids is 1. The molecule has 1 unspecified atom stereocenters. The molecule has 2 aliphatic heterocycles. The first-order chi connectivity index (χ1) is 18.0. The van der Waals surface area contributed by atoms with Gasteiger partial charge in [0.25, 0.3) is 5.92 Å². The number of benzene rings is 1. The first-order valence-corrected chi connectivity index (χ1v) is 13.4. The van der Waals surface area contributed by atoms with E-state index in [1.54, 1.807) is 4.90 Å². The van der Waals surface area contributed by atoms with Gasteiger partial charge in [0.1, 0.15) is 18.4 Å². The summed E-state index contributed by atoms with van der Waals surface area (Å²) >= 11 is 6.27. The van der Waals surface area contributed by atoms with E-state index in [0.29, 0.717) is 36.9 Å². The second kappa shape index (κ2) is 10.7. The molecule has 3 atom stereocenters. The number of alkyl halides is 3. The van der Waals surface area contributed by atoms with Crippen molar-refractivity contribution in [3.63, 3.8) is 0 Å².